The molecule has 316 valence electrons. The summed E-state index contributed by atoms with van der Waals surface area (Å²) in [4.78, 5) is 62.6. The van der Waals surface area contributed by atoms with E-state index in [4.69, 9.17) is 0 Å². The van der Waals surface area contributed by atoms with Crippen LogP contribution in [0.5, 0.6) is 0 Å². The van der Waals surface area contributed by atoms with Crippen LogP contribution >= 0.6 is 11.3 Å². The third kappa shape index (κ3) is 11.9. The monoisotopic (exact) mass is 823 g/mol. The summed E-state index contributed by atoms with van der Waals surface area (Å²) in [5, 5.41) is 29.8. The lowest BCUT2D eigenvalue weighted by atomic mass is 9.89. The van der Waals surface area contributed by atoms with Gasteiger partial charge in [-0.25, -0.2) is 4.98 Å². The van der Waals surface area contributed by atoms with Gasteiger partial charge in [-0.15, -0.1) is 11.3 Å². The Labute approximate surface area is 353 Å². The number of rotatable bonds is 19. The van der Waals surface area contributed by atoms with Crippen LogP contribution in [-0.4, -0.2) is 87.0 Å². The van der Waals surface area contributed by atoms with Gasteiger partial charge in [0.05, 0.1) is 12.0 Å². The van der Waals surface area contributed by atoms with Gasteiger partial charge in [0.15, 0.2) is 0 Å². The number of hydrogen-bond donors (Lipinski definition) is 4. The van der Waals surface area contributed by atoms with Crippen LogP contribution in [0.4, 0.5) is 0 Å². The van der Waals surface area contributed by atoms with E-state index in [9.17, 15) is 29.4 Å². The van der Waals surface area contributed by atoms with Gasteiger partial charge in [0.25, 0.3) is 5.91 Å². The van der Waals surface area contributed by atoms with Crippen molar-refractivity contribution in [1.82, 2.24) is 25.4 Å². The number of carboxylic acid groups (broad SMARTS) is 1. The van der Waals surface area contributed by atoms with E-state index >= 15 is 0 Å². The molecular formula is C47H61N5O6S. The Hall–Kier alpha value is -4.91. The van der Waals surface area contributed by atoms with Crippen molar-refractivity contribution in [2.45, 2.75) is 110 Å². The van der Waals surface area contributed by atoms with Gasteiger partial charge in [-0.2, -0.15) is 0 Å². The number of nitrogens with zero attached hydrogens (tertiary/aromatic N) is 3. The number of hydrogen-bond acceptors (Lipinski definition) is 8. The lowest BCUT2D eigenvalue weighted by molar-refractivity contribution is -0.143. The van der Waals surface area contributed by atoms with Crippen molar-refractivity contribution in [3.8, 4) is 11.1 Å². The summed E-state index contributed by atoms with van der Waals surface area (Å²) in [5.74, 6) is -2.80. The molecule has 5 rings (SSSR count). The number of carbonyl (C=O) groups excluding carboxylic acids is 3. The number of piperidine rings is 1. The molecule has 0 spiro atoms. The van der Waals surface area contributed by atoms with E-state index in [0.29, 0.717) is 23.5 Å². The molecule has 11 nitrogen and oxygen atoms in total. The van der Waals surface area contributed by atoms with E-state index in [2.05, 4.69) is 20.5 Å². The number of likely N-dealkylation sites (tertiary alicyclic amines) is 1. The number of aromatic nitrogens is 1. The van der Waals surface area contributed by atoms with E-state index in [1.54, 1.807) is 5.38 Å². The van der Waals surface area contributed by atoms with Crippen LogP contribution in [0.3, 0.4) is 0 Å². The summed E-state index contributed by atoms with van der Waals surface area (Å²) in [6.07, 6.45) is 2.71. The third-order valence-electron chi connectivity index (χ3n) is 11.8. The highest BCUT2D eigenvalue weighted by molar-refractivity contribution is 7.09. The Bertz CT molecular complexity index is 2010. The molecule has 4 aromatic rings. The molecular weight excluding hydrogens is 763 g/mol. The second kappa shape index (κ2) is 21.4. The van der Waals surface area contributed by atoms with Crippen molar-refractivity contribution in [3.05, 3.63) is 112 Å². The highest BCUT2D eigenvalue weighted by Crippen LogP contribution is 2.31. The van der Waals surface area contributed by atoms with E-state index < -0.39 is 36.0 Å². The van der Waals surface area contributed by atoms with Crippen LogP contribution in [0.2, 0.25) is 0 Å². The molecule has 4 N–H and O–H groups in total. The average Bonchev–Trinajstić information content (AvgIpc) is 3.74. The Morgan fingerprint density at radius 1 is 0.966 bits per heavy atom. The van der Waals surface area contributed by atoms with Gasteiger partial charge in [-0.1, -0.05) is 119 Å². The number of aryl methyl sites for hydroxylation is 1. The molecule has 12 heteroatoms. The standard InChI is InChI=1S/C47H61N5O6S/c1-7-31(4)42(50-44(55)39-20-14-15-25-51(39)6)46(56)52(28-33-16-10-8-11-17-33)40(30(2)3)27-41(53)45-49-38(29-59-45)43(54)48-24-23-36(47(57)58)37-26-35(22-21-32(37)5)34-18-12-9-13-19-34/h8-13,16-19,21-22,26,29-31,36,39-42,53H,7,14-15,20,23-25,27-28H2,1-6H3,(H,48,54)(H,50,55)(H,57,58)/t31?,36-,39?,40-,41-,42?/m1/s1. The maximum absolute atomic E-state index is 14.8. The summed E-state index contributed by atoms with van der Waals surface area (Å²) >= 11 is 1.16. The fraction of sp³-hybridized carbons (Fsp3) is 0.468. The van der Waals surface area contributed by atoms with Crippen molar-refractivity contribution >= 4 is 35.0 Å². The minimum absolute atomic E-state index is 0.0722. The minimum Gasteiger partial charge on any atom is -0.481 e. The Morgan fingerprint density at radius 2 is 1.66 bits per heavy atom. The predicted molar refractivity (Wildman–Crippen MR) is 233 cm³/mol. The SMILES string of the molecule is CCC(C)C(NC(=O)C1CCCCN1C)C(=O)N(Cc1ccccc1)[C@H](C[C@@H](O)c1nc(C(=O)NCC[C@@H](C(=O)O)c2cc(-c3ccccc3)ccc2C)cs1)C(C)C. The van der Waals surface area contributed by atoms with Gasteiger partial charge in [0.1, 0.15) is 22.8 Å². The summed E-state index contributed by atoms with van der Waals surface area (Å²) in [5.41, 5.74) is 4.53. The fourth-order valence-electron chi connectivity index (χ4n) is 7.95. The van der Waals surface area contributed by atoms with Gasteiger partial charge in [0.2, 0.25) is 11.8 Å². The molecule has 6 atom stereocenters. The molecule has 3 unspecified atom stereocenters. The van der Waals surface area contributed by atoms with E-state index in [-0.39, 0.29) is 54.8 Å². The molecule has 1 saturated heterocycles. The van der Waals surface area contributed by atoms with Crippen molar-refractivity contribution < 1.29 is 29.4 Å². The molecule has 0 radical (unpaired) electrons. The molecule has 1 fully saturated rings. The lowest BCUT2D eigenvalue weighted by Crippen LogP contribution is -2.58. The number of amides is 3. The third-order valence-corrected chi connectivity index (χ3v) is 12.7. The summed E-state index contributed by atoms with van der Waals surface area (Å²) in [6.45, 7) is 11.2. The zero-order valence-electron chi connectivity index (χ0n) is 35.3. The van der Waals surface area contributed by atoms with Crippen LogP contribution < -0.4 is 10.6 Å². The average molecular weight is 824 g/mol. The van der Waals surface area contributed by atoms with Crippen LogP contribution in [0.25, 0.3) is 11.1 Å². The van der Waals surface area contributed by atoms with E-state index in [1.165, 1.54) is 0 Å². The summed E-state index contributed by atoms with van der Waals surface area (Å²) < 4.78 is 0. The molecule has 3 aromatic carbocycles. The van der Waals surface area contributed by atoms with E-state index in [1.807, 2.05) is 125 Å². The smallest absolute Gasteiger partial charge is 0.311 e. The quantitative estimate of drug-likeness (QED) is 0.0755. The zero-order valence-corrected chi connectivity index (χ0v) is 36.1. The number of aliphatic carboxylic acids is 1. The van der Waals surface area contributed by atoms with Crippen LogP contribution in [0, 0.1) is 18.8 Å². The maximum atomic E-state index is 14.8. The minimum atomic E-state index is -1.08. The lowest BCUT2D eigenvalue weighted by Gasteiger charge is -2.40. The van der Waals surface area contributed by atoms with Crippen LogP contribution in [0.1, 0.15) is 110 Å². The highest BCUT2D eigenvalue weighted by atomic mass is 32.1. The zero-order chi connectivity index (χ0) is 42.6. The molecule has 1 aromatic heterocycles. The Balaban J connectivity index is 1.29. The molecule has 3 amide bonds. The first-order valence-electron chi connectivity index (χ1n) is 20.9. The van der Waals surface area contributed by atoms with Crippen molar-refractivity contribution in [2.75, 3.05) is 20.1 Å². The Morgan fingerprint density at radius 3 is 2.31 bits per heavy atom. The molecule has 2 heterocycles. The normalized spacial score (nSPS) is 17.1. The fourth-order valence-corrected chi connectivity index (χ4v) is 8.75. The topological polar surface area (TPSA) is 152 Å². The molecule has 59 heavy (non-hydrogen) atoms. The number of carbonyl (C=O) groups is 4. The van der Waals surface area contributed by atoms with Gasteiger partial charge >= 0.3 is 5.97 Å². The Kier molecular flexibility index (Phi) is 16.4. The predicted octanol–water partition coefficient (Wildman–Crippen LogP) is 7.60. The first-order valence-corrected chi connectivity index (χ1v) is 21.8. The van der Waals surface area contributed by atoms with Crippen LogP contribution in [0.15, 0.2) is 84.2 Å². The molecule has 0 saturated carbocycles. The molecule has 1 aliphatic rings. The second-order valence-corrected chi connectivity index (χ2v) is 17.2. The van der Waals surface area contributed by atoms with Crippen molar-refractivity contribution in [2.24, 2.45) is 11.8 Å². The summed E-state index contributed by atoms with van der Waals surface area (Å²) in [6, 6.07) is 23.8. The van der Waals surface area contributed by atoms with Crippen molar-refractivity contribution in [3.63, 3.8) is 0 Å². The van der Waals surface area contributed by atoms with Crippen molar-refractivity contribution in [1.29, 1.82) is 0 Å². The second-order valence-electron chi connectivity index (χ2n) is 16.3. The van der Waals surface area contributed by atoms with Gasteiger partial charge in [0, 0.05) is 30.9 Å². The van der Waals surface area contributed by atoms with Gasteiger partial charge in [-0.05, 0) is 79.4 Å². The summed E-state index contributed by atoms with van der Waals surface area (Å²) in [7, 11) is 1.96. The number of benzene rings is 3. The number of aliphatic hydroxyl groups excluding tert-OH is 1. The molecule has 0 aliphatic carbocycles. The largest absolute Gasteiger partial charge is 0.481 e. The number of aliphatic hydroxyl groups is 1. The molecule has 1 aliphatic heterocycles. The number of likely N-dealkylation sites (N-methyl/N-ethyl adjacent to an activating group) is 1. The number of nitrogens with one attached hydrogen (secondary N) is 2. The van der Waals surface area contributed by atoms with Gasteiger partial charge < -0.3 is 25.7 Å². The highest BCUT2D eigenvalue weighted by Gasteiger charge is 2.38. The molecule has 0 bridgehead atoms. The first kappa shape index (κ1) is 45.2. The van der Waals surface area contributed by atoms with Crippen LogP contribution in [-0.2, 0) is 20.9 Å². The maximum Gasteiger partial charge on any atom is 0.311 e. The van der Waals surface area contributed by atoms with E-state index in [0.717, 1.165) is 59.4 Å². The number of thiazole rings is 1. The van der Waals surface area contributed by atoms with Gasteiger partial charge in [-0.3, -0.25) is 24.1 Å². The first-order chi connectivity index (χ1) is 28.3. The number of carboxylic acids is 1.